The Morgan fingerprint density at radius 1 is 1.17 bits per heavy atom. The second kappa shape index (κ2) is 4.93. The summed E-state index contributed by atoms with van der Waals surface area (Å²) in [6.07, 6.45) is 1.74. The van der Waals surface area contributed by atoms with Crippen LogP contribution in [0.15, 0.2) is 30.5 Å². The zero-order valence-electron chi connectivity index (χ0n) is 10.8. The topological polar surface area (TPSA) is 33.1 Å². The first kappa shape index (κ1) is 12.2. The highest BCUT2D eigenvalue weighted by molar-refractivity contribution is 5.74. The van der Waals surface area contributed by atoms with Crippen LogP contribution in [-0.4, -0.2) is 10.1 Å². The van der Waals surface area contributed by atoms with Crippen LogP contribution in [0.4, 0.5) is 0 Å². The van der Waals surface area contributed by atoms with E-state index in [0.29, 0.717) is 0 Å². The second-order valence-corrected chi connectivity index (χ2v) is 4.23. The van der Waals surface area contributed by atoms with E-state index < -0.39 is 0 Å². The Hall–Kier alpha value is -2.27. The first-order valence-electron chi connectivity index (χ1n) is 5.82. The molecule has 1 aromatic carbocycles. The first-order valence-corrected chi connectivity index (χ1v) is 5.82. The van der Waals surface area contributed by atoms with E-state index in [1.54, 1.807) is 19.2 Å². The van der Waals surface area contributed by atoms with Crippen molar-refractivity contribution in [3.63, 3.8) is 0 Å². The van der Waals surface area contributed by atoms with E-state index in [1.807, 2.05) is 32.0 Å². The van der Waals surface area contributed by atoms with E-state index in [9.17, 15) is 5.11 Å². The third-order valence-corrected chi connectivity index (χ3v) is 2.83. The van der Waals surface area contributed by atoms with Crippen molar-refractivity contribution >= 4 is 0 Å². The lowest BCUT2D eigenvalue weighted by molar-refractivity contribution is 0.476. The number of aromatic hydroxyl groups is 1. The monoisotopic (exact) mass is 237 g/mol. The highest BCUT2D eigenvalue weighted by atomic mass is 16.3. The average Bonchev–Trinajstić information content (AvgIpc) is 2.31. The summed E-state index contributed by atoms with van der Waals surface area (Å²) in [5.41, 5.74) is 4.46. The number of aromatic nitrogens is 1. The van der Waals surface area contributed by atoms with Gasteiger partial charge in [0.1, 0.15) is 5.75 Å². The number of hydrogen-bond donors (Lipinski definition) is 1. The molecule has 0 aliphatic carbocycles. The maximum Gasteiger partial charge on any atom is 0.126 e. The Morgan fingerprint density at radius 2 is 1.94 bits per heavy atom. The molecule has 2 heteroatoms. The van der Waals surface area contributed by atoms with E-state index in [2.05, 4.69) is 16.8 Å². The molecule has 0 saturated heterocycles. The van der Waals surface area contributed by atoms with Gasteiger partial charge in [0.15, 0.2) is 0 Å². The molecule has 0 atom stereocenters. The SMILES string of the molecule is CC#Cc1cc(C)c(-c2ncccc2C)c(O)c1. The molecule has 0 aliphatic heterocycles. The minimum Gasteiger partial charge on any atom is -0.507 e. The molecule has 0 aliphatic rings. The predicted molar refractivity (Wildman–Crippen MR) is 73.4 cm³/mol. The van der Waals surface area contributed by atoms with Gasteiger partial charge in [0.05, 0.1) is 5.69 Å². The molecule has 1 aromatic heterocycles. The largest absolute Gasteiger partial charge is 0.507 e. The van der Waals surface area contributed by atoms with Crippen LogP contribution < -0.4 is 0 Å². The summed E-state index contributed by atoms with van der Waals surface area (Å²) in [6.45, 7) is 5.73. The van der Waals surface area contributed by atoms with Crippen LogP contribution in [0.2, 0.25) is 0 Å². The van der Waals surface area contributed by atoms with Crippen LogP contribution in [0.1, 0.15) is 23.6 Å². The molecule has 0 saturated carbocycles. The number of phenolic OH excluding ortho intramolecular Hbond substituents is 1. The summed E-state index contributed by atoms with van der Waals surface area (Å²) in [5, 5.41) is 10.2. The lowest BCUT2D eigenvalue weighted by Crippen LogP contribution is -1.92. The van der Waals surface area contributed by atoms with Gasteiger partial charge in [-0.15, -0.1) is 5.92 Å². The van der Waals surface area contributed by atoms with Crippen LogP contribution in [0.3, 0.4) is 0 Å². The molecule has 2 nitrogen and oxygen atoms in total. The molecule has 0 radical (unpaired) electrons. The summed E-state index contributed by atoms with van der Waals surface area (Å²) in [7, 11) is 0. The maximum atomic E-state index is 10.2. The Kier molecular flexibility index (Phi) is 3.34. The smallest absolute Gasteiger partial charge is 0.126 e. The molecule has 0 bridgehead atoms. The van der Waals surface area contributed by atoms with Crippen LogP contribution >= 0.6 is 0 Å². The maximum absolute atomic E-state index is 10.2. The standard InChI is InChI=1S/C16H15NO/c1-4-6-13-9-12(3)15(14(18)10-13)16-11(2)7-5-8-17-16/h5,7-10,18H,1-3H3. The quantitative estimate of drug-likeness (QED) is 0.771. The van der Waals surface area contributed by atoms with Crippen molar-refractivity contribution in [3.8, 4) is 28.8 Å². The van der Waals surface area contributed by atoms with Crippen molar-refractivity contribution in [2.24, 2.45) is 0 Å². The fraction of sp³-hybridized carbons (Fsp3) is 0.188. The van der Waals surface area contributed by atoms with Crippen molar-refractivity contribution in [2.75, 3.05) is 0 Å². The Morgan fingerprint density at radius 3 is 2.56 bits per heavy atom. The average molecular weight is 237 g/mol. The van der Waals surface area contributed by atoms with Gasteiger partial charge in [-0.2, -0.15) is 0 Å². The van der Waals surface area contributed by atoms with E-state index >= 15 is 0 Å². The van der Waals surface area contributed by atoms with Crippen molar-refractivity contribution in [1.82, 2.24) is 4.98 Å². The first-order chi connectivity index (χ1) is 8.63. The molecule has 90 valence electrons. The highest BCUT2D eigenvalue weighted by Crippen LogP contribution is 2.33. The number of aryl methyl sites for hydroxylation is 2. The molecule has 0 unspecified atom stereocenters. The Labute approximate surface area is 107 Å². The van der Waals surface area contributed by atoms with Crippen molar-refractivity contribution < 1.29 is 5.11 Å². The summed E-state index contributed by atoms with van der Waals surface area (Å²) in [4.78, 5) is 4.35. The van der Waals surface area contributed by atoms with Crippen molar-refractivity contribution in [2.45, 2.75) is 20.8 Å². The predicted octanol–water partition coefficient (Wildman–Crippen LogP) is 3.44. The molecule has 2 aromatic rings. The van der Waals surface area contributed by atoms with Gasteiger partial charge in [-0.25, -0.2) is 0 Å². The zero-order valence-corrected chi connectivity index (χ0v) is 10.8. The summed E-state index contributed by atoms with van der Waals surface area (Å²) in [6, 6.07) is 7.54. The molecule has 0 amide bonds. The summed E-state index contributed by atoms with van der Waals surface area (Å²) >= 11 is 0. The lowest BCUT2D eigenvalue weighted by atomic mass is 9.98. The number of nitrogens with zero attached hydrogens (tertiary/aromatic N) is 1. The van der Waals surface area contributed by atoms with Gasteiger partial charge in [-0.1, -0.05) is 12.0 Å². The molecule has 0 fully saturated rings. The third-order valence-electron chi connectivity index (χ3n) is 2.83. The summed E-state index contributed by atoms with van der Waals surface area (Å²) in [5.74, 6) is 6.02. The van der Waals surface area contributed by atoms with Gasteiger partial charge in [0, 0.05) is 17.3 Å². The number of rotatable bonds is 1. The number of hydrogen-bond acceptors (Lipinski definition) is 2. The van der Waals surface area contributed by atoms with Crippen LogP contribution in [0.5, 0.6) is 5.75 Å². The molecule has 0 spiro atoms. The van der Waals surface area contributed by atoms with E-state index in [-0.39, 0.29) is 5.75 Å². The number of pyridine rings is 1. The Balaban J connectivity index is 2.65. The molecular weight excluding hydrogens is 222 g/mol. The fourth-order valence-electron chi connectivity index (χ4n) is 2.04. The minimum atomic E-state index is 0.231. The number of phenols is 1. The van der Waals surface area contributed by atoms with Gasteiger partial charge < -0.3 is 5.11 Å². The second-order valence-electron chi connectivity index (χ2n) is 4.23. The molecule has 1 heterocycles. The van der Waals surface area contributed by atoms with Crippen LogP contribution in [-0.2, 0) is 0 Å². The molecular formula is C16H15NO. The van der Waals surface area contributed by atoms with Crippen molar-refractivity contribution in [3.05, 3.63) is 47.2 Å². The van der Waals surface area contributed by atoms with E-state index in [0.717, 1.165) is 27.9 Å². The lowest BCUT2D eigenvalue weighted by Gasteiger charge is -2.11. The van der Waals surface area contributed by atoms with Crippen LogP contribution in [0, 0.1) is 25.7 Å². The third kappa shape index (κ3) is 2.21. The summed E-state index contributed by atoms with van der Waals surface area (Å²) < 4.78 is 0. The van der Waals surface area contributed by atoms with Gasteiger partial charge >= 0.3 is 0 Å². The zero-order chi connectivity index (χ0) is 13.1. The van der Waals surface area contributed by atoms with Gasteiger partial charge in [-0.05, 0) is 50.1 Å². The van der Waals surface area contributed by atoms with Gasteiger partial charge in [0.25, 0.3) is 0 Å². The normalized spacial score (nSPS) is 9.72. The van der Waals surface area contributed by atoms with E-state index in [4.69, 9.17) is 0 Å². The van der Waals surface area contributed by atoms with Gasteiger partial charge in [0.2, 0.25) is 0 Å². The molecule has 2 rings (SSSR count). The van der Waals surface area contributed by atoms with Gasteiger partial charge in [-0.3, -0.25) is 4.98 Å². The highest BCUT2D eigenvalue weighted by Gasteiger charge is 2.12. The Bertz CT molecular complexity index is 625. The van der Waals surface area contributed by atoms with Crippen molar-refractivity contribution in [1.29, 1.82) is 0 Å². The molecule has 1 N–H and O–H groups in total. The minimum absolute atomic E-state index is 0.231. The van der Waals surface area contributed by atoms with Crippen LogP contribution in [0.25, 0.3) is 11.3 Å². The molecule has 18 heavy (non-hydrogen) atoms. The number of benzene rings is 1. The fourth-order valence-corrected chi connectivity index (χ4v) is 2.04. The van der Waals surface area contributed by atoms with E-state index in [1.165, 1.54) is 0 Å².